The monoisotopic (exact) mass is 267 g/mol. The third-order valence-corrected chi connectivity index (χ3v) is 1.97. The van der Waals surface area contributed by atoms with Crippen LogP contribution in [-0.2, 0) is 0 Å². The summed E-state index contributed by atoms with van der Waals surface area (Å²) < 4.78 is 13.2. The van der Waals surface area contributed by atoms with E-state index in [2.05, 4.69) is 33.5 Å². The van der Waals surface area contributed by atoms with E-state index in [1.807, 2.05) is 0 Å². The molecule has 0 unspecified atom stereocenters. The van der Waals surface area contributed by atoms with Gasteiger partial charge in [0.25, 0.3) is 0 Å². The molecule has 0 fully saturated rings. The van der Waals surface area contributed by atoms with Gasteiger partial charge < -0.3 is 5.32 Å². The molecule has 0 bridgehead atoms. The molecule has 0 aliphatic rings. The molecule has 1 aromatic carbocycles. The van der Waals surface area contributed by atoms with Gasteiger partial charge in [-0.2, -0.15) is 0 Å². The number of anilines is 1. The minimum atomic E-state index is -0.318. The van der Waals surface area contributed by atoms with E-state index in [0.717, 1.165) is 0 Å². The average Bonchev–Trinajstić information content (AvgIpc) is 1.96. The first-order valence-corrected chi connectivity index (χ1v) is 4.59. The minimum absolute atomic E-state index is 0.133. The van der Waals surface area contributed by atoms with Crippen molar-refractivity contribution in [3.05, 3.63) is 28.5 Å². The van der Waals surface area contributed by atoms with Crippen molar-refractivity contribution in [2.45, 2.75) is 0 Å². The maximum absolute atomic E-state index is 12.7. The van der Waals surface area contributed by atoms with Crippen LogP contribution in [-0.4, -0.2) is 4.45 Å². The SMILES string of the molecule is Fc1ccc(NC(=S)Cl)cc1Br. The van der Waals surface area contributed by atoms with Gasteiger partial charge in [-0.25, -0.2) is 4.39 Å². The number of nitrogens with one attached hydrogen (secondary N) is 1. The van der Waals surface area contributed by atoms with E-state index in [-0.39, 0.29) is 10.3 Å². The third kappa shape index (κ3) is 2.69. The Bertz CT molecular complexity index is 318. The Morgan fingerprint density at radius 2 is 2.25 bits per heavy atom. The predicted molar refractivity (Wildman–Crippen MR) is 56.2 cm³/mol. The lowest BCUT2D eigenvalue weighted by atomic mass is 10.3. The molecule has 1 rings (SSSR count). The smallest absolute Gasteiger partial charge is 0.171 e. The van der Waals surface area contributed by atoms with Gasteiger partial charge in [0.05, 0.1) is 4.47 Å². The summed E-state index contributed by atoms with van der Waals surface area (Å²) in [5, 5.41) is 2.67. The van der Waals surface area contributed by atoms with E-state index in [0.29, 0.717) is 10.2 Å². The first-order chi connectivity index (χ1) is 5.59. The fourth-order valence-corrected chi connectivity index (χ4v) is 1.29. The first kappa shape index (κ1) is 9.89. The molecule has 0 spiro atoms. The summed E-state index contributed by atoms with van der Waals surface area (Å²) in [5.41, 5.74) is 0.656. The second kappa shape index (κ2) is 4.16. The normalized spacial score (nSPS) is 9.58. The molecule has 0 aromatic heterocycles. The Morgan fingerprint density at radius 3 is 2.75 bits per heavy atom. The first-order valence-electron chi connectivity index (χ1n) is 3.01. The highest BCUT2D eigenvalue weighted by molar-refractivity contribution is 9.10. The molecule has 0 saturated heterocycles. The van der Waals surface area contributed by atoms with Crippen molar-refractivity contribution in [1.82, 2.24) is 0 Å². The highest BCUT2D eigenvalue weighted by Gasteiger charge is 2.00. The van der Waals surface area contributed by atoms with Gasteiger partial charge in [-0.05, 0) is 46.3 Å². The lowest BCUT2D eigenvalue weighted by molar-refractivity contribution is 0.621. The van der Waals surface area contributed by atoms with Crippen molar-refractivity contribution in [2.24, 2.45) is 0 Å². The average molecular weight is 269 g/mol. The lowest BCUT2D eigenvalue weighted by Crippen LogP contribution is -2.00. The molecule has 12 heavy (non-hydrogen) atoms. The zero-order valence-electron chi connectivity index (χ0n) is 5.77. The van der Waals surface area contributed by atoms with E-state index in [9.17, 15) is 4.39 Å². The molecule has 0 radical (unpaired) electrons. The zero-order chi connectivity index (χ0) is 9.14. The van der Waals surface area contributed by atoms with E-state index >= 15 is 0 Å². The van der Waals surface area contributed by atoms with Crippen LogP contribution in [0.4, 0.5) is 10.1 Å². The van der Waals surface area contributed by atoms with E-state index < -0.39 is 0 Å². The van der Waals surface area contributed by atoms with Crippen LogP contribution in [0.25, 0.3) is 0 Å². The Kier molecular flexibility index (Phi) is 3.43. The minimum Gasteiger partial charge on any atom is -0.337 e. The summed E-state index contributed by atoms with van der Waals surface area (Å²) in [7, 11) is 0. The number of benzene rings is 1. The Hall–Kier alpha value is -0.190. The number of halogens is 3. The molecule has 0 saturated carbocycles. The van der Waals surface area contributed by atoms with Gasteiger partial charge in [0.2, 0.25) is 0 Å². The number of thiocarbonyl (C=S) groups is 1. The Balaban J connectivity index is 2.89. The van der Waals surface area contributed by atoms with E-state index in [4.69, 9.17) is 11.6 Å². The van der Waals surface area contributed by atoms with Crippen molar-refractivity contribution in [3.63, 3.8) is 0 Å². The van der Waals surface area contributed by atoms with Gasteiger partial charge in [0.15, 0.2) is 4.45 Å². The molecule has 0 aliphatic carbocycles. The van der Waals surface area contributed by atoms with Crippen molar-refractivity contribution < 1.29 is 4.39 Å². The van der Waals surface area contributed by atoms with Crippen LogP contribution < -0.4 is 5.32 Å². The van der Waals surface area contributed by atoms with Crippen LogP contribution in [0.5, 0.6) is 0 Å². The molecular formula is C7H4BrClFNS. The second-order valence-electron chi connectivity index (χ2n) is 2.03. The second-order valence-corrected chi connectivity index (χ2v) is 3.89. The van der Waals surface area contributed by atoms with Gasteiger partial charge in [-0.1, -0.05) is 11.6 Å². The summed E-state index contributed by atoms with van der Waals surface area (Å²) in [6, 6.07) is 4.43. The Labute approximate surface area is 88.0 Å². The summed E-state index contributed by atoms with van der Waals surface area (Å²) in [6.45, 7) is 0. The van der Waals surface area contributed by atoms with Gasteiger partial charge in [0.1, 0.15) is 5.82 Å². The molecule has 64 valence electrons. The van der Waals surface area contributed by atoms with Gasteiger partial charge in [-0.3, -0.25) is 0 Å². The van der Waals surface area contributed by atoms with Crippen LogP contribution in [0.1, 0.15) is 0 Å². The summed E-state index contributed by atoms with van der Waals surface area (Å²) in [6.07, 6.45) is 0. The van der Waals surface area contributed by atoms with E-state index in [1.165, 1.54) is 6.07 Å². The molecular weight excluding hydrogens is 265 g/mol. The van der Waals surface area contributed by atoms with Crippen LogP contribution in [0, 0.1) is 5.82 Å². The van der Waals surface area contributed by atoms with Crippen molar-refractivity contribution in [2.75, 3.05) is 5.32 Å². The molecule has 0 aliphatic heterocycles. The van der Waals surface area contributed by atoms with Crippen LogP contribution in [0.15, 0.2) is 22.7 Å². The Morgan fingerprint density at radius 1 is 1.58 bits per heavy atom. The summed E-state index contributed by atoms with van der Waals surface area (Å²) in [5.74, 6) is -0.318. The molecule has 0 amide bonds. The molecule has 1 aromatic rings. The van der Waals surface area contributed by atoms with Gasteiger partial charge in [-0.15, -0.1) is 0 Å². The quantitative estimate of drug-likeness (QED) is 0.475. The number of rotatable bonds is 1. The van der Waals surface area contributed by atoms with Crippen molar-refractivity contribution in [3.8, 4) is 0 Å². The highest BCUT2D eigenvalue weighted by atomic mass is 79.9. The van der Waals surface area contributed by atoms with Crippen LogP contribution >= 0.6 is 39.7 Å². The lowest BCUT2D eigenvalue weighted by Gasteiger charge is -2.02. The standard InChI is InChI=1S/C7H4BrClFNS/c8-5-3-4(11-7(9)12)1-2-6(5)10/h1-3H,(H,11,12). The van der Waals surface area contributed by atoms with Crippen molar-refractivity contribution in [1.29, 1.82) is 0 Å². The fourth-order valence-electron chi connectivity index (χ4n) is 0.687. The third-order valence-electron chi connectivity index (χ3n) is 1.16. The number of hydrogen-bond donors (Lipinski definition) is 1. The molecule has 5 heteroatoms. The summed E-state index contributed by atoms with van der Waals surface area (Å²) in [4.78, 5) is 0. The largest absolute Gasteiger partial charge is 0.337 e. The fraction of sp³-hybridized carbons (Fsp3) is 0. The molecule has 0 atom stereocenters. The summed E-state index contributed by atoms with van der Waals surface area (Å²) >= 11 is 13.0. The van der Waals surface area contributed by atoms with Gasteiger partial charge >= 0.3 is 0 Å². The molecule has 1 nitrogen and oxygen atoms in total. The van der Waals surface area contributed by atoms with Crippen LogP contribution in [0.2, 0.25) is 0 Å². The molecule has 0 heterocycles. The maximum Gasteiger partial charge on any atom is 0.171 e. The number of hydrogen-bond acceptors (Lipinski definition) is 1. The molecule has 1 N–H and O–H groups in total. The van der Waals surface area contributed by atoms with Crippen LogP contribution in [0.3, 0.4) is 0 Å². The topological polar surface area (TPSA) is 12.0 Å². The zero-order valence-corrected chi connectivity index (χ0v) is 8.93. The van der Waals surface area contributed by atoms with E-state index in [1.54, 1.807) is 12.1 Å². The predicted octanol–water partition coefficient (Wildman–Crippen LogP) is 3.52. The van der Waals surface area contributed by atoms with Gasteiger partial charge in [0, 0.05) is 5.69 Å². The maximum atomic E-state index is 12.7. The van der Waals surface area contributed by atoms with Crippen molar-refractivity contribution >= 4 is 49.9 Å². The highest BCUT2D eigenvalue weighted by Crippen LogP contribution is 2.20.